The summed E-state index contributed by atoms with van der Waals surface area (Å²) in [5.74, 6) is 0.868. The highest BCUT2D eigenvalue weighted by molar-refractivity contribution is 7.17. The third kappa shape index (κ3) is 1.80. The number of anilines is 1. The number of aliphatic imine (C=N–C) groups is 1. The van der Waals surface area contributed by atoms with E-state index < -0.39 is 0 Å². The number of amidine groups is 1. The van der Waals surface area contributed by atoms with E-state index in [1.807, 2.05) is 12.3 Å². The molecule has 3 heterocycles. The highest BCUT2D eigenvalue weighted by Crippen LogP contribution is 2.28. The quantitative estimate of drug-likeness (QED) is 0.731. The standard InChI is InChI=1S/C16H13N3S/c1-10-9-20-14-5-4-12(7-13(10)14)19-16-15-11(8-18-16)3-2-6-17-15/h2-7,9H,8H2,1H3,(H,18,19). The van der Waals surface area contributed by atoms with Gasteiger partial charge in [0.15, 0.2) is 5.84 Å². The van der Waals surface area contributed by atoms with E-state index in [2.05, 4.69) is 51.9 Å². The van der Waals surface area contributed by atoms with Crippen molar-refractivity contribution < 1.29 is 0 Å². The molecule has 1 N–H and O–H groups in total. The van der Waals surface area contributed by atoms with Crippen LogP contribution in [0.5, 0.6) is 0 Å². The van der Waals surface area contributed by atoms with Crippen LogP contribution in [-0.4, -0.2) is 10.8 Å². The van der Waals surface area contributed by atoms with E-state index >= 15 is 0 Å². The van der Waals surface area contributed by atoms with Gasteiger partial charge in [0.1, 0.15) is 5.69 Å². The third-order valence-electron chi connectivity index (χ3n) is 3.55. The van der Waals surface area contributed by atoms with Crippen LogP contribution in [0.3, 0.4) is 0 Å². The molecule has 4 rings (SSSR count). The van der Waals surface area contributed by atoms with Crippen molar-refractivity contribution >= 4 is 32.9 Å². The number of aromatic nitrogens is 1. The van der Waals surface area contributed by atoms with Gasteiger partial charge in [0.05, 0.1) is 6.54 Å². The summed E-state index contributed by atoms with van der Waals surface area (Å²) >= 11 is 1.78. The lowest BCUT2D eigenvalue weighted by Crippen LogP contribution is -2.12. The van der Waals surface area contributed by atoms with Gasteiger partial charge in [0.2, 0.25) is 0 Å². The van der Waals surface area contributed by atoms with Crippen LogP contribution in [0, 0.1) is 6.92 Å². The topological polar surface area (TPSA) is 37.3 Å². The van der Waals surface area contributed by atoms with Crippen LogP contribution in [0.2, 0.25) is 0 Å². The molecule has 0 saturated carbocycles. The van der Waals surface area contributed by atoms with Crippen LogP contribution >= 0.6 is 11.3 Å². The molecule has 0 amide bonds. The van der Waals surface area contributed by atoms with Crippen LogP contribution in [-0.2, 0) is 6.54 Å². The monoisotopic (exact) mass is 279 g/mol. The van der Waals surface area contributed by atoms with Crippen molar-refractivity contribution in [1.29, 1.82) is 0 Å². The molecule has 20 heavy (non-hydrogen) atoms. The van der Waals surface area contributed by atoms with Crippen LogP contribution in [0.4, 0.5) is 5.69 Å². The van der Waals surface area contributed by atoms with Gasteiger partial charge in [-0.2, -0.15) is 0 Å². The van der Waals surface area contributed by atoms with Crippen molar-refractivity contribution in [3.8, 4) is 0 Å². The van der Waals surface area contributed by atoms with Crippen LogP contribution in [0.1, 0.15) is 16.8 Å². The molecule has 0 saturated heterocycles. The number of hydrogen-bond donors (Lipinski definition) is 1. The summed E-state index contributed by atoms with van der Waals surface area (Å²) in [7, 11) is 0. The molecule has 1 aromatic carbocycles. The minimum atomic E-state index is 0.714. The Morgan fingerprint density at radius 2 is 2.20 bits per heavy atom. The summed E-state index contributed by atoms with van der Waals surface area (Å²) in [5.41, 5.74) is 4.54. The Morgan fingerprint density at radius 1 is 1.25 bits per heavy atom. The first-order chi connectivity index (χ1) is 9.81. The summed E-state index contributed by atoms with van der Waals surface area (Å²) in [6.07, 6.45) is 1.81. The lowest BCUT2D eigenvalue weighted by Gasteiger charge is -2.07. The van der Waals surface area contributed by atoms with Gasteiger partial charge < -0.3 is 5.32 Å². The van der Waals surface area contributed by atoms with Gasteiger partial charge in [-0.05, 0) is 47.5 Å². The molecule has 98 valence electrons. The van der Waals surface area contributed by atoms with E-state index in [1.165, 1.54) is 21.2 Å². The minimum Gasteiger partial charge on any atom is -0.339 e. The fourth-order valence-corrected chi connectivity index (χ4v) is 3.41. The molecule has 1 aliphatic rings. The molecular formula is C16H13N3S. The molecule has 2 aromatic heterocycles. The van der Waals surface area contributed by atoms with Gasteiger partial charge in [0.25, 0.3) is 0 Å². The van der Waals surface area contributed by atoms with Crippen molar-refractivity contribution in [2.24, 2.45) is 4.99 Å². The Bertz CT molecular complexity index is 833. The zero-order valence-electron chi connectivity index (χ0n) is 11.1. The molecule has 3 aromatic rings. The number of nitrogens with one attached hydrogen (secondary N) is 1. The van der Waals surface area contributed by atoms with E-state index in [0.29, 0.717) is 6.54 Å². The Morgan fingerprint density at radius 3 is 3.15 bits per heavy atom. The number of hydrogen-bond acceptors (Lipinski definition) is 4. The van der Waals surface area contributed by atoms with Gasteiger partial charge in [-0.3, -0.25) is 9.98 Å². The van der Waals surface area contributed by atoms with Gasteiger partial charge in [-0.15, -0.1) is 11.3 Å². The second-order valence-electron chi connectivity index (χ2n) is 4.93. The normalized spacial score (nSPS) is 13.3. The summed E-state index contributed by atoms with van der Waals surface area (Å²) in [5, 5.41) is 6.90. The second-order valence-corrected chi connectivity index (χ2v) is 5.84. The number of nitrogens with zero attached hydrogens (tertiary/aromatic N) is 2. The zero-order valence-corrected chi connectivity index (χ0v) is 11.9. The molecule has 4 heteroatoms. The van der Waals surface area contributed by atoms with E-state index in [9.17, 15) is 0 Å². The highest BCUT2D eigenvalue weighted by Gasteiger charge is 2.16. The Hall–Kier alpha value is -2.20. The largest absolute Gasteiger partial charge is 0.339 e. The van der Waals surface area contributed by atoms with E-state index in [1.54, 1.807) is 11.3 Å². The van der Waals surface area contributed by atoms with E-state index in [4.69, 9.17) is 0 Å². The predicted molar refractivity (Wildman–Crippen MR) is 84.7 cm³/mol. The number of aryl methyl sites for hydroxylation is 1. The van der Waals surface area contributed by atoms with E-state index in [0.717, 1.165) is 17.2 Å². The van der Waals surface area contributed by atoms with Gasteiger partial charge >= 0.3 is 0 Å². The first-order valence-corrected chi connectivity index (χ1v) is 7.43. The average molecular weight is 279 g/mol. The summed E-state index contributed by atoms with van der Waals surface area (Å²) < 4.78 is 1.32. The Labute approximate surface area is 121 Å². The molecule has 0 unspecified atom stereocenters. The average Bonchev–Trinajstić information content (AvgIpc) is 3.05. The number of thiophene rings is 1. The smallest absolute Gasteiger partial charge is 0.152 e. The second kappa shape index (κ2) is 4.42. The lowest BCUT2D eigenvalue weighted by atomic mass is 10.1. The number of rotatable bonds is 1. The predicted octanol–water partition coefficient (Wildman–Crippen LogP) is 3.98. The lowest BCUT2D eigenvalue weighted by molar-refractivity contribution is 1.09. The van der Waals surface area contributed by atoms with Crippen LogP contribution in [0.25, 0.3) is 10.1 Å². The van der Waals surface area contributed by atoms with Crippen molar-refractivity contribution in [2.75, 3.05) is 5.32 Å². The van der Waals surface area contributed by atoms with Gasteiger partial charge in [-0.25, -0.2) is 0 Å². The van der Waals surface area contributed by atoms with Crippen molar-refractivity contribution in [2.45, 2.75) is 13.5 Å². The molecule has 0 aliphatic carbocycles. The highest BCUT2D eigenvalue weighted by atomic mass is 32.1. The third-order valence-corrected chi connectivity index (χ3v) is 4.63. The van der Waals surface area contributed by atoms with Crippen LogP contribution < -0.4 is 5.32 Å². The molecule has 0 bridgehead atoms. The SMILES string of the molecule is Cc1csc2ccc(NC3=NCc4cccnc43)cc12. The zero-order chi connectivity index (χ0) is 13.5. The fourth-order valence-electron chi connectivity index (χ4n) is 2.49. The Balaban J connectivity index is 1.70. The summed E-state index contributed by atoms with van der Waals surface area (Å²) in [6, 6.07) is 10.5. The van der Waals surface area contributed by atoms with Crippen molar-refractivity contribution in [1.82, 2.24) is 4.98 Å². The Kier molecular flexibility index (Phi) is 2.57. The molecule has 0 fully saturated rings. The van der Waals surface area contributed by atoms with Gasteiger partial charge in [-0.1, -0.05) is 6.07 Å². The maximum absolute atomic E-state index is 4.53. The minimum absolute atomic E-state index is 0.714. The number of pyridine rings is 1. The molecule has 0 radical (unpaired) electrons. The molecule has 1 aliphatic heterocycles. The summed E-state index contributed by atoms with van der Waals surface area (Å²) in [6.45, 7) is 2.86. The maximum atomic E-state index is 4.53. The summed E-state index contributed by atoms with van der Waals surface area (Å²) in [4.78, 5) is 8.95. The van der Waals surface area contributed by atoms with Crippen molar-refractivity contribution in [3.05, 3.63) is 58.7 Å². The molecule has 0 atom stereocenters. The first-order valence-electron chi connectivity index (χ1n) is 6.55. The van der Waals surface area contributed by atoms with Gasteiger partial charge in [0, 0.05) is 22.1 Å². The van der Waals surface area contributed by atoms with Crippen LogP contribution in [0.15, 0.2) is 46.9 Å². The molecule has 0 spiro atoms. The molecular weight excluding hydrogens is 266 g/mol. The number of fused-ring (bicyclic) bond motifs is 2. The van der Waals surface area contributed by atoms with E-state index in [-0.39, 0.29) is 0 Å². The maximum Gasteiger partial charge on any atom is 0.152 e. The first kappa shape index (κ1) is 11.6. The van der Waals surface area contributed by atoms with Crippen molar-refractivity contribution in [3.63, 3.8) is 0 Å². The molecule has 3 nitrogen and oxygen atoms in total. The number of benzene rings is 1. The fraction of sp³-hybridized carbons (Fsp3) is 0.125.